The molecule has 0 spiro atoms. The summed E-state index contributed by atoms with van der Waals surface area (Å²) in [5.74, 6) is 2.35. The first kappa shape index (κ1) is 14.2. The number of nitrogens with one attached hydrogen (secondary N) is 1. The highest BCUT2D eigenvalue weighted by molar-refractivity contribution is 7.84. The minimum atomic E-state index is -0.684. The summed E-state index contributed by atoms with van der Waals surface area (Å²) < 4.78 is 11.2. The first-order valence-electron chi connectivity index (χ1n) is 6.56. The van der Waals surface area contributed by atoms with E-state index >= 15 is 0 Å². The van der Waals surface area contributed by atoms with Crippen LogP contribution in [0, 0.1) is 11.8 Å². The van der Waals surface area contributed by atoms with Crippen LogP contribution in [0.4, 0.5) is 0 Å². The minimum Gasteiger partial charge on any atom is -0.310 e. The van der Waals surface area contributed by atoms with E-state index in [4.69, 9.17) is 0 Å². The lowest BCUT2D eigenvalue weighted by Crippen LogP contribution is -2.46. The van der Waals surface area contributed by atoms with Gasteiger partial charge in [-0.2, -0.15) is 0 Å². The summed E-state index contributed by atoms with van der Waals surface area (Å²) in [5, 5.41) is 3.69. The molecule has 1 aliphatic carbocycles. The number of rotatable bonds is 5. The Morgan fingerprint density at radius 3 is 2.44 bits per heavy atom. The predicted molar refractivity (Wildman–Crippen MR) is 72.1 cm³/mol. The van der Waals surface area contributed by atoms with Crippen molar-refractivity contribution in [3.63, 3.8) is 0 Å². The molecule has 96 valence electrons. The average Bonchev–Trinajstić information content (AvgIpc) is 2.16. The summed E-state index contributed by atoms with van der Waals surface area (Å²) in [6.07, 6.45) is 7.18. The Hall–Kier alpha value is 0.110. The summed E-state index contributed by atoms with van der Waals surface area (Å²) >= 11 is 0. The van der Waals surface area contributed by atoms with E-state index in [-0.39, 0.29) is 0 Å². The van der Waals surface area contributed by atoms with E-state index in [1.165, 1.54) is 25.7 Å². The van der Waals surface area contributed by atoms with Crippen molar-refractivity contribution in [1.29, 1.82) is 0 Å². The molecular formula is C13H27NOS. The molecule has 0 aliphatic heterocycles. The molecule has 2 nitrogen and oxygen atoms in total. The predicted octanol–water partition coefficient (Wildman–Crippen LogP) is 2.56. The molecule has 1 aliphatic rings. The fraction of sp³-hybridized carbons (Fsp3) is 1.00. The van der Waals surface area contributed by atoms with E-state index in [9.17, 15) is 4.21 Å². The molecule has 3 heteroatoms. The van der Waals surface area contributed by atoms with E-state index in [1.54, 1.807) is 6.26 Å². The monoisotopic (exact) mass is 245 g/mol. The van der Waals surface area contributed by atoms with Crippen LogP contribution in [0.5, 0.6) is 0 Å². The lowest BCUT2D eigenvalue weighted by Gasteiger charge is -2.36. The van der Waals surface area contributed by atoms with Gasteiger partial charge in [0.05, 0.1) is 0 Å². The molecule has 1 N–H and O–H groups in total. The summed E-state index contributed by atoms with van der Waals surface area (Å²) in [4.78, 5) is 0. The Bertz CT molecular complexity index is 230. The zero-order valence-corrected chi connectivity index (χ0v) is 12.0. The van der Waals surface area contributed by atoms with Gasteiger partial charge in [-0.25, -0.2) is 0 Å². The van der Waals surface area contributed by atoms with Crippen LogP contribution < -0.4 is 5.32 Å². The highest BCUT2D eigenvalue weighted by Gasteiger charge is 2.28. The average molecular weight is 245 g/mol. The molecule has 0 heterocycles. The molecule has 1 saturated carbocycles. The first-order valence-corrected chi connectivity index (χ1v) is 8.29. The van der Waals surface area contributed by atoms with E-state index in [2.05, 4.69) is 26.1 Å². The van der Waals surface area contributed by atoms with Crippen LogP contribution in [-0.4, -0.2) is 28.3 Å². The molecule has 4 unspecified atom stereocenters. The van der Waals surface area contributed by atoms with Gasteiger partial charge in [0.2, 0.25) is 0 Å². The second kappa shape index (κ2) is 6.75. The van der Waals surface area contributed by atoms with Crippen LogP contribution in [0.2, 0.25) is 0 Å². The highest BCUT2D eigenvalue weighted by Crippen LogP contribution is 2.30. The number of hydrogen-bond acceptors (Lipinski definition) is 2. The Kier molecular flexibility index (Phi) is 5.98. The summed E-state index contributed by atoms with van der Waals surface area (Å²) in [6, 6.07) is 1.03. The maximum Gasteiger partial charge on any atom is 0.0383 e. The van der Waals surface area contributed by atoms with Gasteiger partial charge in [-0.3, -0.25) is 4.21 Å². The van der Waals surface area contributed by atoms with Crippen molar-refractivity contribution in [2.75, 3.05) is 12.0 Å². The lowest BCUT2D eigenvalue weighted by atomic mass is 9.77. The van der Waals surface area contributed by atoms with Crippen LogP contribution in [0.25, 0.3) is 0 Å². The molecule has 0 aromatic rings. The third-order valence-electron chi connectivity index (χ3n) is 3.66. The largest absolute Gasteiger partial charge is 0.310 e. The van der Waals surface area contributed by atoms with Crippen molar-refractivity contribution in [2.45, 2.75) is 58.5 Å². The Labute approximate surface area is 103 Å². The summed E-state index contributed by atoms with van der Waals surface area (Å²) in [7, 11) is -0.684. The molecule has 0 bridgehead atoms. The van der Waals surface area contributed by atoms with Crippen molar-refractivity contribution in [3.05, 3.63) is 0 Å². The molecular weight excluding hydrogens is 218 g/mol. The fourth-order valence-electron chi connectivity index (χ4n) is 2.93. The first-order chi connectivity index (χ1) is 7.50. The van der Waals surface area contributed by atoms with E-state index < -0.39 is 10.8 Å². The van der Waals surface area contributed by atoms with Crippen LogP contribution in [-0.2, 0) is 10.8 Å². The van der Waals surface area contributed by atoms with Crippen molar-refractivity contribution < 1.29 is 4.21 Å². The standard InChI is InChI=1S/C13H27NOS/c1-10(2)12-7-5-6-8-13(12)14-11(3)9-16(4)15/h10-14H,5-9H2,1-4H3. The molecule has 0 radical (unpaired) electrons. The fourth-order valence-corrected chi connectivity index (χ4v) is 3.73. The third kappa shape index (κ3) is 4.54. The van der Waals surface area contributed by atoms with Gasteiger partial charge in [0.1, 0.15) is 0 Å². The van der Waals surface area contributed by atoms with Gasteiger partial charge in [0.15, 0.2) is 0 Å². The Morgan fingerprint density at radius 1 is 1.25 bits per heavy atom. The smallest absolute Gasteiger partial charge is 0.0383 e. The quantitative estimate of drug-likeness (QED) is 0.806. The SMILES string of the molecule is CC(CS(C)=O)NC1CCCCC1C(C)C. The molecule has 16 heavy (non-hydrogen) atoms. The Balaban J connectivity index is 2.46. The second-order valence-corrected chi connectivity index (χ2v) is 7.09. The van der Waals surface area contributed by atoms with Gasteiger partial charge in [-0.1, -0.05) is 26.7 Å². The molecule has 1 rings (SSSR count). The van der Waals surface area contributed by atoms with Crippen LogP contribution in [0.15, 0.2) is 0 Å². The summed E-state index contributed by atoms with van der Waals surface area (Å²) in [5.41, 5.74) is 0. The molecule has 4 atom stereocenters. The second-order valence-electron chi connectivity index (χ2n) is 5.61. The topological polar surface area (TPSA) is 29.1 Å². The van der Waals surface area contributed by atoms with Crippen molar-refractivity contribution in [2.24, 2.45) is 11.8 Å². The zero-order valence-electron chi connectivity index (χ0n) is 11.2. The van der Waals surface area contributed by atoms with E-state index in [1.807, 2.05) is 0 Å². The summed E-state index contributed by atoms with van der Waals surface area (Å²) in [6.45, 7) is 6.81. The van der Waals surface area contributed by atoms with Crippen LogP contribution >= 0.6 is 0 Å². The third-order valence-corrected chi connectivity index (χ3v) is 4.63. The van der Waals surface area contributed by atoms with Crippen LogP contribution in [0.3, 0.4) is 0 Å². The Morgan fingerprint density at radius 2 is 1.88 bits per heavy atom. The van der Waals surface area contributed by atoms with Gasteiger partial charge in [-0.05, 0) is 31.6 Å². The van der Waals surface area contributed by atoms with Gasteiger partial charge in [-0.15, -0.1) is 0 Å². The van der Waals surface area contributed by atoms with Gasteiger partial charge in [0.25, 0.3) is 0 Å². The van der Waals surface area contributed by atoms with Crippen LogP contribution in [0.1, 0.15) is 46.5 Å². The highest BCUT2D eigenvalue weighted by atomic mass is 32.2. The van der Waals surface area contributed by atoms with Crippen molar-refractivity contribution in [1.82, 2.24) is 5.32 Å². The molecule has 0 aromatic heterocycles. The number of hydrogen-bond donors (Lipinski definition) is 1. The molecule has 0 amide bonds. The zero-order chi connectivity index (χ0) is 12.1. The molecule has 1 fully saturated rings. The van der Waals surface area contributed by atoms with Crippen molar-refractivity contribution >= 4 is 10.8 Å². The van der Waals surface area contributed by atoms with Gasteiger partial charge in [0, 0.05) is 34.9 Å². The molecule has 0 aromatic carbocycles. The van der Waals surface area contributed by atoms with E-state index in [0.29, 0.717) is 12.1 Å². The molecule has 0 saturated heterocycles. The minimum absolute atomic E-state index is 0.384. The normalized spacial score (nSPS) is 30.3. The maximum atomic E-state index is 11.2. The lowest BCUT2D eigenvalue weighted by molar-refractivity contribution is 0.197. The maximum absolute atomic E-state index is 11.2. The van der Waals surface area contributed by atoms with E-state index in [0.717, 1.165) is 17.6 Å². The van der Waals surface area contributed by atoms with Gasteiger partial charge < -0.3 is 5.32 Å². The van der Waals surface area contributed by atoms with Gasteiger partial charge >= 0.3 is 0 Å². The van der Waals surface area contributed by atoms with Crippen molar-refractivity contribution in [3.8, 4) is 0 Å².